The number of nitrogens with zero attached hydrogens (tertiary/aromatic N) is 1. The molecule has 0 spiro atoms. The van der Waals surface area contributed by atoms with E-state index >= 15 is 0 Å². The minimum Gasteiger partial charge on any atom is -0.385 e. The maximum Gasteiger partial charge on any atom is 0.260 e. The summed E-state index contributed by atoms with van der Waals surface area (Å²) in [5.41, 5.74) is 5.91. The summed E-state index contributed by atoms with van der Waals surface area (Å²) in [6, 6.07) is 9.36. The Kier molecular flexibility index (Phi) is 3.25. The Morgan fingerprint density at radius 2 is 2.11 bits per heavy atom. The number of hydrogen-bond acceptors (Lipinski definition) is 3. The normalized spacial score (nSPS) is 14.9. The lowest BCUT2D eigenvalue weighted by Crippen LogP contribution is -2.25. The Morgan fingerprint density at radius 1 is 1.32 bits per heavy atom. The fourth-order valence-corrected chi connectivity index (χ4v) is 2.24. The van der Waals surface area contributed by atoms with Crippen LogP contribution >= 0.6 is 0 Å². The van der Waals surface area contributed by atoms with Crippen LogP contribution < -0.4 is 11.3 Å². The number of benzene rings is 1. The molecule has 3 rings (SSSR count). The van der Waals surface area contributed by atoms with E-state index in [-0.39, 0.29) is 5.56 Å². The van der Waals surface area contributed by atoms with E-state index < -0.39 is 0 Å². The van der Waals surface area contributed by atoms with E-state index in [9.17, 15) is 4.79 Å². The Morgan fingerprint density at radius 3 is 2.89 bits per heavy atom. The largest absolute Gasteiger partial charge is 0.385 e. The van der Waals surface area contributed by atoms with E-state index in [0.29, 0.717) is 24.4 Å². The van der Waals surface area contributed by atoms with Crippen molar-refractivity contribution in [2.45, 2.75) is 19.4 Å². The van der Waals surface area contributed by atoms with Crippen LogP contribution in [0.4, 0.5) is 5.82 Å². The topological polar surface area (TPSA) is 57.2 Å². The third-order valence-electron chi connectivity index (χ3n) is 3.56. The van der Waals surface area contributed by atoms with Crippen LogP contribution in [0.25, 0.3) is 10.8 Å². The summed E-state index contributed by atoms with van der Waals surface area (Å²) in [6.45, 7) is 1.86. The maximum atomic E-state index is 12.3. The highest BCUT2D eigenvalue weighted by Crippen LogP contribution is 2.28. The lowest BCUT2D eigenvalue weighted by Gasteiger charge is -2.11. The van der Waals surface area contributed by atoms with Crippen LogP contribution in [0.15, 0.2) is 35.1 Å². The molecule has 4 heteroatoms. The van der Waals surface area contributed by atoms with E-state index in [1.807, 2.05) is 30.3 Å². The fraction of sp³-hybridized carbons (Fsp3) is 0.400. The molecule has 19 heavy (non-hydrogen) atoms. The predicted octanol–water partition coefficient (Wildman–Crippen LogP) is 2.01. The van der Waals surface area contributed by atoms with Gasteiger partial charge in [0.05, 0.1) is 13.2 Å². The molecule has 0 saturated heterocycles. The van der Waals surface area contributed by atoms with Crippen LogP contribution in [0, 0.1) is 5.92 Å². The molecule has 0 atom stereocenters. The molecule has 1 aliphatic rings. The van der Waals surface area contributed by atoms with Gasteiger partial charge in [-0.2, -0.15) is 0 Å². The molecule has 2 aromatic rings. The van der Waals surface area contributed by atoms with Gasteiger partial charge >= 0.3 is 0 Å². The van der Waals surface area contributed by atoms with Crippen LogP contribution in [0.3, 0.4) is 0 Å². The zero-order valence-electron chi connectivity index (χ0n) is 10.8. The second kappa shape index (κ2) is 5.05. The molecule has 0 radical (unpaired) electrons. The maximum absolute atomic E-state index is 12.3. The minimum atomic E-state index is -0.0365. The van der Waals surface area contributed by atoms with Crippen LogP contribution in [-0.2, 0) is 11.3 Å². The van der Waals surface area contributed by atoms with Gasteiger partial charge in [0.1, 0.15) is 5.82 Å². The van der Waals surface area contributed by atoms with Gasteiger partial charge in [0.25, 0.3) is 5.56 Å². The van der Waals surface area contributed by atoms with Crippen molar-refractivity contribution in [2.24, 2.45) is 5.92 Å². The third kappa shape index (κ3) is 2.63. The fourth-order valence-electron chi connectivity index (χ4n) is 2.24. The number of hydrogen-bond donors (Lipinski definition) is 1. The number of fused-ring (bicyclic) bond motifs is 1. The zero-order valence-corrected chi connectivity index (χ0v) is 10.8. The molecule has 2 N–H and O–H groups in total. The summed E-state index contributed by atoms with van der Waals surface area (Å²) in [5, 5.41) is 1.60. The quantitative estimate of drug-likeness (QED) is 0.835. The molecule has 4 nitrogen and oxygen atoms in total. The van der Waals surface area contributed by atoms with Crippen LogP contribution in [-0.4, -0.2) is 17.8 Å². The van der Waals surface area contributed by atoms with Crippen molar-refractivity contribution < 1.29 is 4.74 Å². The van der Waals surface area contributed by atoms with E-state index in [1.54, 1.807) is 4.57 Å². The molecule has 1 aromatic heterocycles. The van der Waals surface area contributed by atoms with Crippen LogP contribution in [0.2, 0.25) is 0 Å². The lowest BCUT2D eigenvalue weighted by molar-refractivity contribution is 0.117. The molecule has 1 heterocycles. The van der Waals surface area contributed by atoms with Gasteiger partial charge in [-0.15, -0.1) is 0 Å². The van der Waals surface area contributed by atoms with Gasteiger partial charge in [-0.05, 0) is 36.3 Å². The molecule has 1 aliphatic carbocycles. The van der Waals surface area contributed by atoms with Gasteiger partial charge in [0.2, 0.25) is 0 Å². The second-order valence-corrected chi connectivity index (χ2v) is 5.13. The standard InChI is InChI=1S/C15H18N2O2/c16-14-9-12-3-1-2-4-13(12)15(18)17(14)7-8-19-10-11-5-6-11/h1-4,9,11H,5-8,10,16H2. The highest BCUT2D eigenvalue weighted by atomic mass is 16.5. The van der Waals surface area contributed by atoms with Gasteiger partial charge in [0.15, 0.2) is 0 Å². The Hall–Kier alpha value is -1.81. The van der Waals surface area contributed by atoms with Gasteiger partial charge in [-0.3, -0.25) is 9.36 Å². The van der Waals surface area contributed by atoms with Gasteiger partial charge in [-0.1, -0.05) is 18.2 Å². The predicted molar refractivity (Wildman–Crippen MR) is 76.2 cm³/mol. The molecule has 0 bridgehead atoms. The Balaban J connectivity index is 1.79. The SMILES string of the molecule is Nc1cc2ccccc2c(=O)n1CCOCC1CC1. The van der Waals surface area contributed by atoms with Gasteiger partial charge < -0.3 is 10.5 Å². The van der Waals surface area contributed by atoms with Crippen molar-refractivity contribution in [1.82, 2.24) is 4.57 Å². The number of rotatable bonds is 5. The van der Waals surface area contributed by atoms with E-state index in [4.69, 9.17) is 10.5 Å². The average molecular weight is 258 g/mol. The van der Waals surface area contributed by atoms with Crippen molar-refractivity contribution in [1.29, 1.82) is 0 Å². The number of ether oxygens (including phenoxy) is 1. The molecule has 1 fully saturated rings. The van der Waals surface area contributed by atoms with Crippen molar-refractivity contribution in [3.8, 4) is 0 Å². The molecule has 0 amide bonds. The first-order chi connectivity index (χ1) is 9.25. The van der Waals surface area contributed by atoms with E-state index in [1.165, 1.54) is 12.8 Å². The molecule has 1 saturated carbocycles. The summed E-state index contributed by atoms with van der Waals surface area (Å²) in [5.74, 6) is 1.24. The Labute approximate surface area is 111 Å². The summed E-state index contributed by atoms with van der Waals surface area (Å²) in [7, 11) is 0. The molecule has 0 unspecified atom stereocenters. The van der Waals surface area contributed by atoms with Gasteiger partial charge in [0, 0.05) is 12.0 Å². The number of nitrogen functional groups attached to an aromatic ring is 1. The number of aromatic nitrogens is 1. The number of anilines is 1. The summed E-state index contributed by atoms with van der Waals surface area (Å²) in [6.07, 6.45) is 2.55. The third-order valence-corrected chi connectivity index (χ3v) is 3.56. The lowest BCUT2D eigenvalue weighted by atomic mass is 10.1. The first kappa shape index (κ1) is 12.2. The molecule has 100 valence electrons. The Bertz CT molecular complexity index is 644. The number of nitrogens with two attached hydrogens (primary N) is 1. The summed E-state index contributed by atoms with van der Waals surface area (Å²) >= 11 is 0. The highest BCUT2D eigenvalue weighted by molar-refractivity contribution is 5.83. The van der Waals surface area contributed by atoms with Crippen molar-refractivity contribution in [3.63, 3.8) is 0 Å². The average Bonchev–Trinajstić information content (AvgIpc) is 3.22. The van der Waals surface area contributed by atoms with Gasteiger partial charge in [-0.25, -0.2) is 0 Å². The number of pyridine rings is 1. The first-order valence-electron chi connectivity index (χ1n) is 6.71. The second-order valence-electron chi connectivity index (χ2n) is 5.13. The monoisotopic (exact) mass is 258 g/mol. The first-order valence-corrected chi connectivity index (χ1v) is 6.71. The summed E-state index contributed by atoms with van der Waals surface area (Å²) in [4.78, 5) is 12.3. The zero-order chi connectivity index (χ0) is 13.2. The van der Waals surface area contributed by atoms with Crippen LogP contribution in [0.5, 0.6) is 0 Å². The molecule has 0 aliphatic heterocycles. The van der Waals surface area contributed by atoms with E-state index in [0.717, 1.165) is 17.9 Å². The molecular formula is C15H18N2O2. The van der Waals surface area contributed by atoms with Crippen molar-refractivity contribution in [2.75, 3.05) is 18.9 Å². The van der Waals surface area contributed by atoms with Crippen LogP contribution in [0.1, 0.15) is 12.8 Å². The molecule has 1 aromatic carbocycles. The highest BCUT2D eigenvalue weighted by Gasteiger charge is 2.21. The molecular weight excluding hydrogens is 240 g/mol. The smallest absolute Gasteiger partial charge is 0.260 e. The van der Waals surface area contributed by atoms with E-state index in [2.05, 4.69) is 0 Å². The minimum absolute atomic E-state index is 0.0365. The van der Waals surface area contributed by atoms with Crippen molar-refractivity contribution >= 4 is 16.6 Å². The van der Waals surface area contributed by atoms with Crippen molar-refractivity contribution in [3.05, 3.63) is 40.7 Å². The summed E-state index contributed by atoms with van der Waals surface area (Å²) < 4.78 is 7.16.